The molecule has 0 spiro atoms. The molecule has 5 aromatic rings. The van der Waals surface area contributed by atoms with E-state index in [4.69, 9.17) is 29.2 Å². The van der Waals surface area contributed by atoms with E-state index in [1.165, 1.54) is 6.92 Å². The van der Waals surface area contributed by atoms with Crippen molar-refractivity contribution in [1.82, 2.24) is 19.6 Å². The van der Waals surface area contributed by atoms with Gasteiger partial charge in [0.1, 0.15) is 35.5 Å². The molecule has 2 heterocycles. The minimum Gasteiger partial charge on any atom is -0.462 e. The van der Waals surface area contributed by atoms with Crippen LogP contribution in [-0.2, 0) is 35.7 Å². The first-order valence-corrected chi connectivity index (χ1v) is 17.8. The molecule has 4 N–H and O–H groups in total. The van der Waals surface area contributed by atoms with Gasteiger partial charge in [0.15, 0.2) is 5.82 Å². The second-order valence-corrected chi connectivity index (χ2v) is 13.6. The van der Waals surface area contributed by atoms with Crippen molar-refractivity contribution in [2.75, 3.05) is 18.9 Å². The fourth-order valence-electron chi connectivity index (χ4n) is 5.78. The molecule has 0 fully saturated rings. The molecule has 0 saturated carbocycles. The summed E-state index contributed by atoms with van der Waals surface area (Å²) in [5.41, 5.74) is 6.53. The van der Waals surface area contributed by atoms with E-state index in [1.54, 1.807) is 30.5 Å². The quantitative estimate of drug-likeness (QED) is 0.0742. The molecule has 0 radical (unpaired) electrons. The Hall–Kier alpha value is -4.06. The fraction of sp³-hybridized carbons (Fsp3) is 0.400. The summed E-state index contributed by atoms with van der Waals surface area (Å²) >= 11 is 0. The molecule has 0 unspecified atom stereocenters. The van der Waals surface area contributed by atoms with Crippen LogP contribution in [-0.4, -0.2) is 51.0 Å². The number of benzene rings is 3. The van der Waals surface area contributed by atoms with Crippen molar-refractivity contribution in [1.29, 1.82) is 0 Å². The van der Waals surface area contributed by atoms with Crippen molar-refractivity contribution >= 4 is 52.2 Å². The van der Waals surface area contributed by atoms with E-state index in [1.807, 2.05) is 68.4 Å². The number of aliphatic hydroxyl groups is 1. The number of imidazole rings is 1. The van der Waals surface area contributed by atoms with Crippen LogP contribution >= 0.6 is 7.75 Å². The van der Waals surface area contributed by atoms with Gasteiger partial charge in [-0.25, -0.2) is 14.5 Å². The third-order valence-electron chi connectivity index (χ3n) is 7.88. The van der Waals surface area contributed by atoms with Gasteiger partial charge < -0.3 is 24.8 Å². The van der Waals surface area contributed by atoms with Crippen molar-refractivity contribution in [3.8, 4) is 5.75 Å². The molecule has 12 nitrogen and oxygen atoms in total. The summed E-state index contributed by atoms with van der Waals surface area (Å²) in [7, 11) is -4.25. The van der Waals surface area contributed by atoms with Gasteiger partial charge in [0, 0.05) is 23.8 Å². The Bertz CT molecular complexity index is 1940. The lowest BCUT2D eigenvalue weighted by molar-refractivity contribution is -0.149. The standard InChI is InChI=1S/C35H44N5O7P/c1-6-19-35(42,40-30(22-44-7-2)38-31-32(40)27-16-10-11-17-28(27)37-33(31)36)20-21-45-48(43,39-24(5)34(41)46-23(3)4)47-29-18-12-14-25-13-8-9-15-26(25)29/h8-18,23-24,42H,6-7,19-22H2,1-5H3,(H2,36,37)(H,39,43)/t24-,35-,48+/m0/s1. The molecule has 0 saturated heterocycles. The number of carbonyl (C=O) groups excluding carboxylic acids is 1. The minimum atomic E-state index is -4.25. The molecule has 0 amide bonds. The van der Waals surface area contributed by atoms with Crippen molar-refractivity contribution in [3.05, 3.63) is 72.6 Å². The summed E-state index contributed by atoms with van der Waals surface area (Å²) in [5.74, 6) is 0.397. The number of carbonyl (C=O) groups is 1. The van der Waals surface area contributed by atoms with Gasteiger partial charge in [-0.15, -0.1) is 0 Å². The van der Waals surface area contributed by atoms with Gasteiger partial charge in [0.25, 0.3) is 0 Å². The lowest BCUT2D eigenvalue weighted by atomic mass is 10.0. The normalized spacial score (nSPS) is 15.1. The smallest absolute Gasteiger partial charge is 0.459 e. The highest BCUT2D eigenvalue weighted by molar-refractivity contribution is 7.52. The molecule has 0 aliphatic rings. The molecule has 0 bridgehead atoms. The van der Waals surface area contributed by atoms with Gasteiger partial charge in [-0.2, -0.15) is 5.09 Å². The van der Waals surface area contributed by atoms with Crippen molar-refractivity contribution < 1.29 is 33.0 Å². The minimum absolute atomic E-state index is 0.0165. The predicted molar refractivity (Wildman–Crippen MR) is 186 cm³/mol. The Morgan fingerprint density at radius 2 is 1.71 bits per heavy atom. The number of ether oxygens (including phenoxy) is 2. The Morgan fingerprint density at radius 1 is 1.00 bits per heavy atom. The highest BCUT2D eigenvalue weighted by atomic mass is 31.2. The van der Waals surface area contributed by atoms with Crippen molar-refractivity contribution in [2.24, 2.45) is 0 Å². The van der Waals surface area contributed by atoms with Crippen LogP contribution < -0.4 is 15.3 Å². The highest BCUT2D eigenvalue weighted by Crippen LogP contribution is 2.47. The van der Waals surface area contributed by atoms with E-state index < -0.39 is 25.5 Å². The van der Waals surface area contributed by atoms with Crippen LogP contribution in [0.4, 0.5) is 5.82 Å². The van der Waals surface area contributed by atoms with E-state index in [-0.39, 0.29) is 31.6 Å². The number of esters is 1. The summed E-state index contributed by atoms with van der Waals surface area (Å²) in [6.45, 7) is 9.16. The molecule has 0 aliphatic carbocycles. The second kappa shape index (κ2) is 15.0. The van der Waals surface area contributed by atoms with Crippen LogP contribution in [0.15, 0.2) is 66.7 Å². The van der Waals surface area contributed by atoms with Crippen molar-refractivity contribution in [3.63, 3.8) is 0 Å². The first-order chi connectivity index (χ1) is 23.0. The Labute approximate surface area is 280 Å². The maximum atomic E-state index is 14.5. The second-order valence-electron chi connectivity index (χ2n) is 11.9. The molecule has 5 rings (SSSR count). The van der Waals surface area contributed by atoms with Gasteiger partial charge in [-0.05, 0) is 51.6 Å². The number of rotatable bonds is 16. The number of fused-ring (bicyclic) bond motifs is 4. The topological polar surface area (TPSA) is 160 Å². The number of nitrogen functional groups attached to an aromatic ring is 1. The number of para-hydroxylation sites is 1. The van der Waals surface area contributed by atoms with Crippen molar-refractivity contribution in [2.45, 2.75) is 78.4 Å². The monoisotopic (exact) mass is 677 g/mol. The van der Waals surface area contributed by atoms with Gasteiger partial charge in [0.05, 0.1) is 23.7 Å². The number of nitrogens with two attached hydrogens (primary N) is 1. The number of hydrogen-bond donors (Lipinski definition) is 3. The molecule has 2 aromatic heterocycles. The largest absolute Gasteiger partial charge is 0.462 e. The number of anilines is 1. The molecule has 256 valence electrons. The first-order valence-electron chi connectivity index (χ1n) is 16.2. The molecular weight excluding hydrogens is 633 g/mol. The number of nitrogens with zero attached hydrogens (tertiary/aromatic N) is 3. The predicted octanol–water partition coefficient (Wildman–Crippen LogP) is 6.83. The van der Waals surface area contributed by atoms with Gasteiger partial charge in [-0.3, -0.25) is 13.9 Å². The maximum Gasteiger partial charge on any atom is 0.459 e. The van der Waals surface area contributed by atoms with Gasteiger partial charge in [0.2, 0.25) is 0 Å². The molecule has 3 aromatic carbocycles. The lowest BCUT2D eigenvalue weighted by Gasteiger charge is -2.33. The number of aromatic nitrogens is 3. The van der Waals surface area contributed by atoms with Crippen LogP contribution in [0.2, 0.25) is 0 Å². The van der Waals surface area contributed by atoms with Crippen LogP contribution in [0.3, 0.4) is 0 Å². The number of pyridine rings is 1. The Morgan fingerprint density at radius 3 is 2.44 bits per heavy atom. The molecule has 3 atom stereocenters. The summed E-state index contributed by atoms with van der Waals surface area (Å²) in [6.07, 6.45) is 0.512. The summed E-state index contributed by atoms with van der Waals surface area (Å²) in [4.78, 5) is 22.1. The SMILES string of the molecule is CCC[C@](O)(CCO[P@](=O)(N[C@@H](C)C(=O)OC(C)C)Oc1cccc2ccccc12)n1c(COCC)nc2c(N)nc3ccccc3c21. The van der Waals surface area contributed by atoms with Gasteiger partial charge >= 0.3 is 13.7 Å². The van der Waals surface area contributed by atoms with E-state index in [0.29, 0.717) is 53.0 Å². The zero-order chi connectivity index (χ0) is 34.5. The average molecular weight is 678 g/mol. The molecular formula is C35H44N5O7P. The number of nitrogens with one attached hydrogen (secondary N) is 1. The van der Waals surface area contributed by atoms with Crippen LogP contribution in [0.25, 0.3) is 32.7 Å². The zero-order valence-electron chi connectivity index (χ0n) is 28.0. The maximum absolute atomic E-state index is 14.5. The van der Waals surface area contributed by atoms with Crippen LogP contribution in [0.5, 0.6) is 5.75 Å². The Balaban J connectivity index is 1.52. The summed E-state index contributed by atoms with van der Waals surface area (Å²) in [6, 6.07) is 19.4. The third-order valence-corrected chi connectivity index (χ3v) is 9.54. The highest BCUT2D eigenvalue weighted by Gasteiger charge is 2.37. The summed E-state index contributed by atoms with van der Waals surface area (Å²) < 4.78 is 39.5. The van der Waals surface area contributed by atoms with E-state index in [0.717, 1.165) is 10.8 Å². The molecule has 13 heteroatoms. The van der Waals surface area contributed by atoms with E-state index in [2.05, 4.69) is 10.1 Å². The zero-order valence-corrected chi connectivity index (χ0v) is 28.9. The third kappa shape index (κ3) is 7.64. The summed E-state index contributed by atoms with van der Waals surface area (Å²) in [5, 5.41) is 17.6. The average Bonchev–Trinajstić information content (AvgIpc) is 3.45. The lowest BCUT2D eigenvalue weighted by Crippen LogP contribution is -2.38. The fourth-order valence-corrected chi connectivity index (χ4v) is 7.29. The Kier molecular flexibility index (Phi) is 11.0. The van der Waals surface area contributed by atoms with E-state index >= 15 is 0 Å². The van der Waals surface area contributed by atoms with Crippen LogP contribution in [0, 0.1) is 0 Å². The molecule has 0 aliphatic heterocycles. The first kappa shape index (κ1) is 35.3. The van der Waals surface area contributed by atoms with Crippen LogP contribution in [0.1, 0.15) is 59.7 Å². The van der Waals surface area contributed by atoms with E-state index in [9.17, 15) is 14.5 Å². The van der Waals surface area contributed by atoms with Gasteiger partial charge in [-0.1, -0.05) is 67.9 Å². The number of hydrogen-bond acceptors (Lipinski definition) is 10. The molecule has 48 heavy (non-hydrogen) atoms.